The number of anilines is 1. The number of esters is 1. The molecule has 1 N–H and O–H groups in total. The number of hydrogen-bond acceptors (Lipinski definition) is 10. The number of halogens is 4. The van der Waals surface area contributed by atoms with Gasteiger partial charge >= 0.3 is 11.9 Å². The number of amides is 2. The molecule has 16 heteroatoms. The Morgan fingerprint density at radius 1 is 1.13 bits per heavy atom. The third-order valence-corrected chi connectivity index (χ3v) is 9.96. The van der Waals surface area contributed by atoms with Crippen molar-refractivity contribution in [2.24, 2.45) is 5.92 Å². The number of furan rings is 1. The number of hydrogen-bond donors (Lipinski definition) is 1. The standard InChI is InChI=1S/C36H38ClF3N6O6/c1-19-17-45-13-11-35(19,38)23-14-20(37)16-42-30(23)50-21-15-24(31(48)52-34(2,3)4)46(18-21)29-28-27(22-8-5-6-9-25(22)51-28)43-32(44-29)36(39,40)33(49)41-12-7-10-26(45)47/h5-6,8-9,14,16,19,21,24H,7,10-13,15,17-18H2,1-4H3,(H,41,49)/t19-,21-,24-,35+/m0/s1. The van der Waals surface area contributed by atoms with Crippen molar-refractivity contribution >= 4 is 57.3 Å². The SMILES string of the molecule is C[C@H]1CN2CC[C@]1(F)c1cc(Cl)cnc1O[C@H]1C[C@@H](C(=O)OC(C)(C)C)N(C1)c1nc(nc3c1oc1ccccc13)C(F)(F)C(=O)NCCCC2=O. The number of aromatic nitrogens is 3. The maximum atomic E-state index is 17.2. The van der Waals surface area contributed by atoms with Gasteiger partial charge in [-0.3, -0.25) is 9.59 Å². The molecule has 7 heterocycles. The number of nitrogens with zero attached hydrogens (tertiary/aromatic N) is 5. The molecule has 2 amide bonds. The maximum Gasteiger partial charge on any atom is 0.382 e. The van der Waals surface area contributed by atoms with Gasteiger partial charge in [0.05, 0.1) is 17.1 Å². The third kappa shape index (κ3) is 6.47. The topological polar surface area (TPSA) is 140 Å². The third-order valence-electron chi connectivity index (χ3n) is 9.75. The van der Waals surface area contributed by atoms with E-state index in [1.54, 1.807) is 52.0 Å². The number of carbonyl (C=O) groups excluding carboxylic acids is 3. The van der Waals surface area contributed by atoms with Gasteiger partial charge in [-0.2, -0.15) is 8.78 Å². The largest absolute Gasteiger partial charge is 0.472 e. The summed E-state index contributed by atoms with van der Waals surface area (Å²) in [6, 6.07) is 6.97. The minimum atomic E-state index is -4.22. The second-order valence-corrected chi connectivity index (χ2v) is 15.1. The van der Waals surface area contributed by atoms with E-state index in [1.807, 2.05) is 0 Å². The molecule has 2 saturated heterocycles. The van der Waals surface area contributed by atoms with E-state index in [0.29, 0.717) is 11.0 Å². The Kier molecular flexibility index (Phi) is 8.99. The number of para-hydroxylation sites is 1. The summed E-state index contributed by atoms with van der Waals surface area (Å²) >= 11 is 6.35. The smallest absolute Gasteiger partial charge is 0.382 e. The highest BCUT2D eigenvalue weighted by Gasteiger charge is 2.49. The number of pyridine rings is 1. The Labute approximate surface area is 302 Å². The first kappa shape index (κ1) is 35.7. The summed E-state index contributed by atoms with van der Waals surface area (Å²) in [5.74, 6) is -8.92. The number of benzene rings is 1. The molecule has 0 radical (unpaired) electrons. The van der Waals surface area contributed by atoms with Gasteiger partial charge in [0.1, 0.15) is 34.5 Å². The molecule has 12 nitrogen and oxygen atoms in total. The number of piperidine rings is 1. The zero-order chi connectivity index (χ0) is 37.2. The zero-order valence-electron chi connectivity index (χ0n) is 29.1. The number of rotatable bonds is 1. The summed E-state index contributed by atoms with van der Waals surface area (Å²) in [5, 5.41) is 2.78. The highest BCUT2D eigenvalue weighted by atomic mass is 35.5. The molecule has 0 spiro atoms. The molecular weight excluding hydrogens is 705 g/mol. The second-order valence-electron chi connectivity index (χ2n) is 14.6. The molecule has 1 aromatic carbocycles. The molecular formula is C36H38ClF3N6O6. The van der Waals surface area contributed by atoms with E-state index >= 15 is 13.2 Å². The van der Waals surface area contributed by atoms with Crippen LogP contribution in [-0.4, -0.2) is 81.6 Å². The van der Waals surface area contributed by atoms with Gasteiger partial charge < -0.3 is 29.0 Å². The summed E-state index contributed by atoms with van der Waals surface area (Å²) in [4.78, 5) is 55.7. The Bertz CT molecular complexity index is 2070. The van der Waals surface area contributed by atoms with Crippen molar-refractivity contribution in [1.82, 2.24) is 25.2 Å². The van der Waals surface area contributed by atoms with Crippen LogP contribution in [0.5, 0.6) is 5.88 Å². The number of carbonyl (C=O) groups is 3. The van der Waals surface area contributed by atoms with Crippen molar-refractivity contribution in [3.8, 4) is 5.88 Å². The average molecular weight is 743 g/mol. The molecule has 276 valence electrons. The number of ether oxygens (including phenoxy) is 2. The van der Waals surface area contributed by atoms with E-state index in [9.17, 15) is 14.4 Å². The Morgan fingerprint density at radius 2 is 1.90 bits per heavy atom. The molecule has 52 heavy (non-hydrogen) atoms. The lowest BCUT2D eigenvalue weighted by atomic mass is 9.78. The van der Waals surface area contributed by atoms with Crippen LogP contribution in [0.15, 0.2) is 40.9 Å². The molecule has 4 aliphatic rings. The lowest BCUT2D eigenvalue weighted by molar-refractivity contribution is -0.156. The van der Waals surface area contributed by atoms with Crippen LogP contribution in [0.2, 0.25) is 5.02 Å². The highest BCUT2D eigenvalue weighted by molar-refractivity contribution is 6.30. The van der Waals surface area contributed by atoms with E-state index in [0.717, 1.165) is 0 Å². The number of nitrogens with one attached hydrogen (secondary N) is 1. The van der Waals surface area contributed by atoms with Crippen molar-refractivity contribution in [3.63, 3.8) is 0 Å². The molecule has 0 unspecified atom stereocenters. The molecule has 4 atom stereocenters. The van der Waals surface area contributed by atoms with Crippen molar-refractivity contribution in [2.75, 3.05) is 31.1 Å². The molecule has 0 saturated carbocycles. The first-order chi connectivity index (χ1) is 24.5. The summed E-state index contributed by atoms with van der Waals surface area (Å²) in [6.07, 6.45) is 0.358. The van der Waals surface area contributed by atoms with Gasteiger partial charge in [-0.25, -0.2) is 24.1 Å². The lowest BCUT2D eigenvalue weighted by Crippen LogP contribution is -2.49. The van der Waals surface area contributed by atoms with Gasteiger partial charge in [-0.05, 0) is 45.4 Å². The predicted octanol–water partition coefficient (Wildman–Crippen LogP) is 5.83. The van der Waals surface area contributed by atoms with Gasteiger partial charge in [0.25, 0.3) is 5.91 Å². The first-order valence-corrected chi connectivity index (χ1v) is 17.6. The van der Waals surface area contributed by atoms with Crippen molar-refractivity contribution in [1.29, 1.82) is 0 Å². The van der Waals surface area contributed by atoms with Gasteiger partial charge in [-0.1, -0.05) is 30.7 Å². The molecule has 4 aliphatic heterocycles. The van der Waals surface area contributed by atoms with Crippen LogP contribution in [0.3, 0.4) is 0 Å². The van der Waals surface area contributed by atoms with Crippen molar-refractivity contribution in [3.05, 3.63) is 52.9 Å². The normalized spacial score (nSPS) is 25.5. The summed E-state index contributed by atoms with van der Waals surface area (Å²) in [7, 11) is 0. The molecule has 4 aromatic rings. The van der Waals surface area contributed by atoms with Crippen LogP contribution in [0.4, 0.5) is 19.0 Å². The van der Waals surface area contributed by atoms with Crippen LogP contribution in [0.25, 0.3) is 22.1 Å². The van der Waals surface area contributed by atoms with Gasteiger partial charge in [0.2, 0.25) is 17.6 Å². The summed E-state index contributed by atoms with van der Waals surface area (Å²) in [6.45, 7) is 6.56. The summed E-state index contributed by atoms with van der Waals surface area (Å²) < 4.78 is 67.6. The highest BCUT2D eigenvalue weighted by Crippen LogP contribution is 2.46. The van der Waals surface area contributed by atoms with Crippen LogP contribution in [0.1, 0.15) is 64.8 Å². The minimum Gasteiger partial charge on any atom is -0.472 e. The molecule has 6 bridgehead atoms. The zero-order valence-corrected chi connectivity index (χ0v) is 29.8. The second kappa shape index (κ2) is 13.1. The van der Waals surface area contributed by atoms with Gasteiger partial charge in [0.15, 0.2) is 11.4 Å². The van der Waals surface area contributed by atoms with Crippen LogP contribution < -0.4 is 15.0 Å². The fourth-order valence-corrected chi connectivity index (χ4v) is 7.31. The van der Waals surface area contributed by atoms with Gasteiger partial charge in [0, 0.05) is 56.4 Å². The van der Waals surface area contributed by atoms with Crippen molar-refractivity contribution < 1.29 is 41.4 Å². The predicted molar refractivity (Wildman–Crippen MR) is 184 cm³/mol. The van der Waals surface area contributed by atoms with E-state index < -0.39 is 53.0 Å². The van der Waals surface area contributed by atoms with Crippen molar-refractivity contribution in [2.45, 2.75) is 82.7 Å². The molecule has 8 rings (SSSR count). The Hall–Kier alpha value is -4.66. The fourth-order valence-electron chi connectivity index (χ4n) is 7.15. The van der Waals surface area contributed by atoms with E-state index in [-0.39, 0.29) is 91.2 Å². The van der Waals surface area contributed by atoms with Crippen LogP contribution in [0, 0.1) is 5.92 Å². The monoisotopic (exact) mass is 742 g/mol. The van der Waals surface area contributed by atoms with E-state index in [1.165, 1.54) is 22.1 Å². The Balaban J connectivity index is 1.39. The first-order valence-electron chi connectivity index (χ1n) is 17.2. The Morgan fingerprint density at radius 3 is 2.65 bits per heavy atom. The van der Waals surface area contributed by atoms with E-state index in [2.05, 4.69) is 20.3 Å². The van der Waals surface area contributed by atoms with Crippen LogP contribution in [-0.2, 0) is 30.7 Å². The van der Waals surface area contributed by atoms with Gasteiger partial charge in [-0.15, -0.1) is 0 Å². The quantitative estimate of drug-likeness (QED) is 0.237. The number of fused-ring (bicyclic) bond motifs is 11. The lowest BCUT2D eigenvalue weighted by Gasteiger charge is -2.42. The minimum absolute atomic E-state index is 0.00297. The average Bonchev–Trinajstić information content (AvgIpc) is 3.68. The number of alkyl halides is 3. The van der Waals surface area contributed by atoms with E-state index in [4.69, 9.17) is 25.5 Å². The summed E-state index contributed by atoms with van der Waals surface area (Å²) in [5.41, 5.74) is -2.47. The molecule has 0 aliphatic carbocycles. The fraction of sp³-hybridized carbons (Fsp3) is 0.500. The van der Waals surface area contributed by atoms with Crippen LogP contribution >= 0.6 is 11.6 Å². The maximum absolute atomic E-state index is 17.2. The molecule has 2 fully saturated rings. The molecule has 3 aromatic heterocycles.